The average molecular weight is 296 g/mol. The summed E-state index contributed by atoms with van der Waals surface area (Å²) in [5.41, 5.74) is 0.635. The highest BCUT2D eigenvalue weighted by atomic mass is 32.2. The molecule has 0 aromatic heterocycles. The molecule has 1 aromatic rings. The third-order valence-electron chi connectivity index (χ3n) is 3.17. The van der Waals surface area contributed by atoms with Crippen LogP contribution in [0.2, 0.25) is 0 Å². The third kappa shape index (κ3) is 3.05. The zero-order valence-corrected chi connectivity index (χ0v) is 11.8. The molecule has 108 valence electrons. The molecule has 0 radical (unpaired) electrons. The predicted octanol–water partition coefficient (Wildman–Crippen LogP) is 1.46. The van der Waals surface area contributed by atoms with Crippen LogP contribution in [0, 0.1) is 0 Å². The van der Waals surface area contributed by atoms with E-state index in [1.165, 1.54) is 11.8 Å². The number of β-amino-alcohol motifs (C(OH)–C–C–N with tert-alkyl or cyclic N) is 1. The molecule has 1 aliphatic heterocycles. The molecule has 0 spiro atoms. The summed E-state index contributed by atoms with van der Waals surface area (Å²) in [6.07, 6.45) is 1.16. The van der Waals surface area contributed by atoms with E-state index >= 15 is 0 Å². The molecule has 0 bridgehead atoms. The highest BCUT2D eigenvalue weighted by Gasteiger charge is 2.39. The van der Waals surface area contributed by atoms with Gasteiger partial charge in [-0.15, -0.1) is 11.8 Å². The lowest BCUT2D eigenvalue weighted by Gasteiger charge is -2.22. The van der Waals surface area contributed by atoms with Gasteiger partial charge in [0, 0.05) is 17.9 Å². The van der Waals surface area contributed by atoms with Crippen molar-refractivity contribution in [3.63, 3.8) is 0 Å². The molecule has 1 unspecified atom stereocenters. The van der Waals surface area contributed by atoms with Gasteiger partial charge in [0.1, 0.15) is 6.04 Å². The fraction of sp³-hybridized carbons (Fsp3) is 0.385. The summed E-state index contributed by atoms with van der Waals surface area (Å²) in [6.45, 7) is 0.0320. The summed E-state index contributed by atoms with van der Waals surface area (Å²) >= 11 is 1.49. The second-order valence-electron chi connectivity index (χ2n) is 4.53. The lowest BCUT2D eigenvalue weighted by atomic mass is 10.2. The molecule has 1 aliphatic rings. The minimum absolute atomic E-state index is 0.0320. The van der Waals surface area contributed by atoms with E-state index < -0.39 is 24.1 Å². The van der Waals surface area contributed by atoms with Crippen LogP contribution in [0.3, 0.4) is 0 Å². The van der Waals surface area contributed by atoms with Gasteiger partial charge in [-0.1, -0.05) is 12.1 Å². The molecule has 2 amide bonds. The number of nitrogens with one attached hydrogen (secondary N) is 1. The van der Waals surface area contributed by atoms with Crippen molar-refractivity contribution in [3.8, 4) is 0 Å². The number of carbonyl (C=O) groups is 2. The maximum atomic E-state index is 12.2. The van der Waals surface area contributed by atoms with Crippen molar-refractivity contribution >= 4 is 29.4 Å². The molecule has 1 fully saturated rings. The lowest BCUT2D eigenvalue weighted by Crippen LogP contribution is -2.43. The monoisotopic (exact) mass is 296 g/mol. The molecule has 3 N–H and O–H groups in total. The molecule has 0 saturated carbocycles. The van der Waals surface area contributed by atoms with E-state index in [-0.39, 0.29) is 13.0 Å². The van der Waals surface area contributed by atoms with E-state index in [4.69, 9.17) is 5.11 Å². The molecule has 20 heavy (non-hydrogen) atoms. The van der Waals surface area contributed by atoms with Gasteiger partial charge >= 0.3 is 12.0 Å². The van der Waals surface area contributed by atoms with Crippen LogP contribution in [0.5, 0.6) is 0 Å². The Morgan fingerprint density at radius 1 is 1.40 bits per heavy atom. The van der Waals surface area contributed by atoms with E-state index in [9.17, 15) is 14.7 Å². The average Bonchev–Trinajstić information content (AvgIpc) is 2.82. The van der Waals surface area contributed by atoms with Crippen LogP contribution in [0.4, 0.5) is 10.5 Å². The molecule has 1 aromatic carbocycles. The number of amides is 2. The van der Waals surface area contributed by atoms with Gasteiger partial charge in [0.15, 0.2) is 0 Å². The SMILES string of the molecule is CSc1ccccc1NC(=O)N1CC(O)C[C@H]1C(=O)O. The summed E-state index contributed by atoms with van der Waals surface area (Å²) in [7, 11) is 0. The van der Waals surface area contributed by atoms with E-state index in [2.05, 4.69) is 5.32 Å². The fourth-order valence-electron chi connectivity index (χ4n) is 2.21. The number of hydrogen-bond acceptors (Lipinski definition) is 4. The highest BCUT2D eigenvalue weighted by molar-refractivity contribution is 7.98. The molecular weight excluding hydrogens is 280 g/mol. The Morgan fingerprint density at radius 2 is 2.10 bits per heavy atom. The normalized spacial score (nSPS) is 21.8. The van der Waals surface area contributed by atoms with E-state index in [0.29, 0.717) is 5.69 Å². The van der Waals surface area contributed by atoms with Crippen molar-refractivity contribution in [1.82, 2.24) is 4.90 Å². The Kier molecular flexibility index (Phi) is 4.51. The highest BCUT2D eigenvalue weighted by Crippen LogP contribution is 2.26. The zero-order valence-electron chi connectivity index (χ0n) is 10.9. The number of urea groups is 1. The first-order valence-corrected chi connectivity index (χ1v) is 7.37. The Morgan fingerprint density at radius 3 is 2.75 bits per heavy atom. The number of aliphatic carboxylic acids is 1. The minimum Gasteiger partial charge on any atom is -0.480 e. The second-order valence-corrected chi connectivity index (χ2v) is 5.37. The Labute approximate surface area is 120 Å². The number of hydrogen-bond donors (Lipinski definition) is 3. The van der Waals surface area contributed by atoms with E-state index in [1.54, 1.807) is 12.1 Å². The number of aliphatic hydroxyl groups is 1. The van der Waals surface area contributed by atoms with Gasteiger partial charge in [-0.05, 0) is 18.4 Å². The van der Waals surface area contributed by atoms with Crippen LogP contribution in [0.1, 0.15) is 6.42 Å². The van der Waals surface area contributed by atoms with Crippen molar-refractivity contribution in [2.45, 2.75) is 23.5 Å². The number of carbonyl (C=O) groups excluding carboxylic acids is 1. The van der Waals surface area contributed by atoms with Gasteiger partial charge in [0.25, 0.3) is 0 Å². The van der Waals surface area contributed by atoms with Crippen molar-refractivity contribution in [2.24, 2.45) is 0 Å². The Bertz CT molecular complexity index is 523. The summed E-state index contributed by atoms with van der Waals surface area (Å²) in [5.74, 6) is -1.10. The summed E-state index contributed by atoms with van der Waals surface area (Å²) in [5, 5.41) is 21.3. The van der Waals surface area contributed by atoms with Gasteiger partial charge in [0.2, 0.25) is 0 Å². The van der Waals surface area contributed by atoms with Gasteiger partial charge in [0.05, 0.1) is 11.8 Å². The fourth-order valence-corrected chi connectivity index (χ4v) is 2.76. The number of carboxylic acids is 1. The number of likely N-dealkylation sites (tertiary alicyclic amines) is 1. The van der Waals surface area contributed by atoms with Crippen LogP contribution in [-0.2, 0) is 4.79 Å². The Balaban J connectivity index is 2.13. The van der Waals surface area contributed by atoms with Crippen molar-refractivity contribution in [2.75, 3.05) is 18.1 Å². The summed E-state index contributed by atoms with van der Waals surface area (Å²) in [6, 6.07) is 5.80. The first-order valence-electron chi connectivity index (χ1n) is 6.14. The number of thioether (sulfide) groups is 1. The van der Waals surface area contributed by atoms with Gasteiger partial charge < -0.3 is 20.4 Å². The first kappa shape index (κ1) is 14.7. The molecule has 1 heterocycles. The summed E-state index contributed by atoms with van der Waals surface area (Å²) < 4.78 is 0. The number of anilines is 1. The largest absolute Gasteiger partial charge is 0.480 e. The molecule has 0 aliphatic carbocycles. The van der Waals surface area contributed by atoms with Crippen LogP contribution < -0.4 is 5.32 Å². The van der Waals surface area contributed by atoms with Crippen LogP contribution in [0.15, 0.2) is 29.2 Å². The second kappa shape index (κ2) is 6.15. The van der Waals surface area contributed by atoms with E-state index in [1.807, 2.05) is 18.4 Å². The topological polar surface area (TPSA) is 89.9 Å². The van der Waals surface area contributed by atoms with Crippen LogP contribution >= 0.6 is 11.8 Å². The zero-order chi connectivity index (χ0) is 14.7. The molecule has 6 nitrogen and oxygen atoms in total. The van der Waals surface area contributed by atoms with Crippen molar-refractivity contribution < 1.29 is 19.8 Å². The number of aliphatic hydroxyl groups excluding tert-OH is 1. The summed E-state index contributed by atoms with van der Waals surface area (Å²) in [4.78, 5) is 25.3. The maximum absolute atomic E-state index is 12.2. The molecule has 7 heteroatoms. The van der Waals surface area contributed by atoms with Gasteiger partial charge in [-0.25, -0.2) is 9.59 Å². The standard InChI is InChI=1S/C13H16N2O4S/c1-20-11-5-3-2-4-9(11)14-13(19)15-7-8(16)6-10(15)12(17)18/h2-5,8,10,16H,6-7H2,1H3,(H,14,19)(H,17,18)/t8?,10-/m0/s1. The number of rotatable bonds is 3. The lowest BCUT2D eigenvalue weighted by molar-refractivity contribution is -0.141. The van der Waals surface area contributed by atoms with Gasteiger partial charge in [-0.3, -0.25) is 0 Å². The predicted molar refractivity (Wildman–Crippen MR) is 76.0 cm³/mol. The molecule has 1 saturated heterocycles. The Hall–Kier alpha value is -1.73. The first-order chi connectivity index (χ1) is 9.52. The smallest absolute Gasteiger partial charge is 0.326 e. The quantitative estimate of drug-likeness (QED) is 0.735. The number of carboxylic acid groups (broad SMARTS) is 1. The van der Waals surface area contributed by atoms with E-state index in [0.717, 1.165) is 9.80 Å². The molecule has 2 atom stereocenters. The van der Waals surface area contributed by atoms with Gasteiger partial charge in [-0.2, -0.15) is 0 Å². The van der Waals surface area contributed by atoms with Crippen molar-refractivity contribution in [3.05, 3.63) is 24.3 Å². The number of nitrogens with zero attached hydrogens (tertiary/aromatic N) is 1. The number of para-hydroxylation sites is 1. The minimum atomic E-state index is -1.10. The maximum Gasteiger partial charge on any atom is 0.326 e. The van der Waals surface area contributed by atoms with Crippen LogP contribution in [0.25, 0.3) is 0 Å². The third-order valence-corrected chi connectivity index (χ3v) is 3.97. The molecular formula is C13H16N2O4S. The number of benzene rings is 1. The molecule has 2 rings (SSSR count). The van der Waals surface area contributed by atoms with Crippen molar-refractivity contribution in [1.29, 1.82) is 0 Å². The van der Waals surface area contributed by atoms with Crippen LogP contribution in [-0.4, -0.2) is 52.1 Å².